The van der Waals surface area contributed by atoms with Gasteiger partial charge in [0.15, 0.2) is 0 Å². The van der Waals surface area contributed by atoms with Crippen molar-refractivity contribution in [2.75, 3.05) is 29.9 Å². The fourth-order valence-corrected chi connectivity index (χ4v) is 2.03. The zero-order chi connectivity index (χ0) is 11.4. The second-order valence-electron chi connectivity index (χ2n) is 4.18. The fraction of sp³-hybridized carbons (Fsp3) is 0.583. The van der Waals surface area contributed by atoms with Crippen LogP contribution >= 0.6 is 0 Å². The van der Waals surface area contributed by atoms with Crippen molar-refractivity contribution in [3.8, 4) is 0 Å². The fourth-order valence-electron chi connectivity index (χ4n) is 2.03. The summed E-state index contributed by atoms with van der Waals surface area (Å²) < 4.78 is 0. The molecule has 0 atom stereocenters. The quantitative estimate of drug-likeness (QED) is 0.811. The number of aromatic nitrogens is 1. The van der Waals surface area contributed by atoms with Crippen LogP contribution in [0.25, 0.3) is 0 Å². The van der Waals surface area contributed by atoms with Crippen molar-refractivity contribution in [3.63, 3.8) is 0 Å². The molecule has 1 saturated heterocycles. The van der Waals surface area contributed by atoms with Crippen LogP contribution in [-0.4, -0.2) is 35.8 Å². The molecule has 0 bridgehead atoms. The third-order valence-corrected chi connectivity index (χ3v) is 2.93. The number of nitrogens with zero attached hydrogens (tertiary/aromatic N) is 2. The molecule has 2 rings (SSSR count). The van der Waals surface area contributed by atoms with Gasteiger partial charge in [-0.05, 0) is 25.8 Å². The molecule has 0 unspecified atom stereocenters. The molecule has 1 aliphatic heterocycles. The van der Waals surface area contributed by atoms with Crippen molar-refractivity contribution in [2.24, 2.45) is 0 Å². The Balaban J connectivity index is 2.05. The van der Waals surface area contributed by atoms with Crippen LogP contribution in [0.5, 0.6) is 0 Å². The topological polar surface area (TPSA) is 48.4 Å². The first-order valence-electron chi connectivity index (χ1n) is 5.91. The van der Waals surface area contributed by atoms with E-state index in [0.717, 1.165) is 43.9 Å². The molecule has 2 N–H and O–H groups in total. The van der Waals surface area contributed by atoms with Crippen LogP contribution in [0.2, 0.25) is 0 Å². The Labute approximate surface area is 96.3 Å². The Bertz CT molecular complexity index is 335. The molecule has 16 heavy (non-hydrogen) atoms. The number of hydrogen-bond donors (Lipinski definition) is 2. The maximum atomic E-state index is 9.46. The van der Waals surface area contributed by atoms with Crippen molar-refractivity contribution in [1.82, 2.24) is 4.98 Å². The van der Waals surface area contributed by atoms with E-state index in [9.17, 15) is 5.11 Å². The highest BCUT2D eigenvalue weighted by molar-refractivity contribution is 5.55. The molecule has 0 spiro atoms. The predicted molar refractivity (Wildman–Crippen MR) is 65.9 cm³/mol. The molecule has 1 aromatic rings. The van der Waals surface area contributed by atoms with Gasteiger partial charge < -0.3 is 15.3 Å². The highest BCUT2D eigenvalue weighted by Gasteiger charge is 2.17. The van der Waals surface area contributed by atoms with Gasteiger partial charge in [0.25, 0.3) is 0 Å². The lowest BCUT2D eigenvalue weighted by atomic mass is 10.1. The number of anilines is 2. The molecule has 0 radical (unpaired) electrons. The van der Waals surface area contributed by atoms with Gasteiger partial charge in [0.05, 0.1) is 29.9 Å². The van der Waals surface area contributed by atoms with Crippen molar-refractivity contribution in [1.29, 1.82) is 0 Å². The molecule has 1 aromatic heterocycles. The number of aliphatic hydroxyl groups excluding tert-OH is 1. The van der Waals surface area contributed by atoms with E-state index in [2.05, 4.69) is 28.2 Å². The summed E-state index contributed by atoms with van der Waals surface area (Å²) >= 11 is 0. The lowest BCUT2D eigenvalue weighted by Crippen LogP contribution is -2.35. The molecule has 0 amide bonds. The summed E-state index contributed by atoms with van der Waals surface area (Å²) in [6.45, 7) is 4.81. The minimum absolute atomic E-state index is 0.124. The van der Waals surface area contributed by atoms with Crippen LogP contribution in [0.4, 0.5) is 11.4 Å². The van der Waals surface area contributed by atoms with Gasteiger partial charge >= 0.3 is 0 Å². The average Bonchev–Trinajstić information content (AvgIpc) is 2.31. The number of hydrogen-bond acceptors (Lipinski definition) is 4. The average molecular weight is 221 g/mol. The predicted octanol–water partition coefficient (Wildman–Crippen LogP) is 1.47. The molecule has 0 saturated carbocycles. The van der Waals surface area contributed by atoms with Crippen LogP contribution in [0.1, 0.15) is 19.8 Å². The van der Waals surface area contributed by atoms with Gasteiger partial charge in [0.1, 0.15) is 0 Å². The summed E-state index contributed by atoms with van der Waals surface area (Å²) in [6.07, 6.45) is 5.31. The van der Waals surface area contributed by atoms with Crippen molar-refractivity contribution in [2.45, 2.75) is 25.9 Å². The third-order valence-electron chi connectivity index (χ3n) is 2.93. The molecular formula is C12H19N3O. The van der Waals surface area contributed by atoms with Gasteiger partial charge in [-0.2, -0.15) is 0 Å². The molecule has 4 heteroatoms. The molecule has 0 aromatic carbocycles. The molecule has 1 aliphatic rings. The van der Waals surface area contributed by atoms with E-state index in [0.29, 0.717) is 0 Å². The van der Waals surface area contributed by atoms with Crippen LogP contribution < -0.4 is 10.2 Å². The first kappa shape index (κ1) is 11.2. The summed E-state index contributed by atoms with van der Waals surface area (Å²) in [5, 5.41) is 12.7. The SMILES string of the molecule is CCNc1cncc(N2CCC(O)CC2)c1. The second-order valence-corrected chi connectivity index (χ2v) is 4.18. The summed E-state index contributed by atoms with van der Waals surface area (Å²) in [5.41, 5.74) is 2.21. The first-order chi connectivity index (χ1) is 7.79. The van der Waals surface area contributed by atoms with Gasteiger partial charge in [0, 0.05) is 19.6 Å². The van der Waals surface area contributed by atoms with Crippen LogP contribution in [0.3, 0.4) is 0 Å². The van der Waals surface area contributed by atoms with E-state index in [1.54, 1.807) is 0 Å². The first-order valence-corrected chi connectivity index (χ1v) is 5.91. The standard InChI is InChI=1S/C12H19N3O/c1-2-14-10-7-11(9-13-8-10)15-5-3-12(16)4-6-15/h7-9,12,14,16H,2-6H2,1H3. The van der Waals surface area contributed by atoms with Gasteiger partial charge in [-0.3, -0.25) is 4.98 Å². The molecule has 0 aliphatic carbocycles. The maximum Gasteiger partial charge on any atom is 0.0574 e. The van der Waals surface area contributed by atoms with Crippen LogP contribution in [0.15, 0.2) is 18.5 Å². The summed E-state index contributed by atoms with van der Waals surface area (Å²) in [7, 11) is 0. The Morgan fingerprint density at radius 3 is 2.88 bits per heavy atom. The zero-order valence-corrected chi connectivity index (χ0v) is 9.69. The minimum Gasteiger partial charge on any atom is -0.393 e. The van der Waals surface area contributed by atoms with E-state index >= 15 is 0 Å². The minimum atomic E-state index is -0.124. The number of nitrogens with one attached hydrogen (secondary N) is 1. The Hall–Kier alpha value is -1.29. The molecule has 1 fully saturated rings. The normalized spacial score (nSPS) is 17.5. The molecule has 88 valence electrons. The van der Waals surface area contributed by atoms with E-state index < -0.39 is 0 Å². The maximum absolute atomic E-state index is 9.46. The largest absolute Gasteiger partial charge is 0.393 e. The van der Waals surface area contributed by atoms with Crippen molar-refractivity contribution in [3.05, 3.63) is 18.5 Å². The summed E-state index contributed by atoms with van der Waals surface area (Å²) in [5.74, 6) is 0. The monoisotopic (exact) mass is 221 g/mol. The molecular weight excluding hydrogens is 202 g/mol. The number of piperidine rings is 1. The van der Waals surface area contributed by atoms with Gasteiger partial charge in [-0.1, -0.05) is 0 Å². The third kappa shape index (κ3) is 2.64. The molecule has 2 heterocycles. The lowest BCUT2D eigenvalue weighted by Gasteiger charge is -2.31. The van der Waals surface area contributed by atoms with Crippen molar-refractivity contribution >= 4 is 11.4 Å². The van der Waals surface area contributed by atoms with Gasteiger partial charge in [0.2, 0.25) is 0 Å². The number of aliphatic hydroxyl groups is 1. The Morgan fingerprint density at radius 2 is 2.19 bits per heavy atom. The lowest BCUT2D eigenvalue weighted by molar-refractivity contribution is 0.145. The molecule has 4 nitrogen and oxygen atoms in total. The Morgan fingerprint density at radius 1 is 1.44 bits per heavy atom. The Kier molecular flexibility index (Phi) is 3.62. The second kappa shape index (κ2) is 5.16. The van der Waals surface area contributed by atoms with E-state index in [1.807, 2.05) is 12.4 Å². The van der Waals surface area contributed by atoms with E-state index in [4.69, 9.17) is 0 Å². The van der Waals surface area contributed by atoms with Gasteiger partial charge in [-0.15, -0.1) is 0 Å². The smallest absolute Gasteiger partial charge is 0.0574 e. The van der Waals surface area contributed by atoms with Crippen molar-refractivity contribution < 1.29 is 5.11 Å². The zero-order valence-electron chi connectivity index (χ0n) is 9.69. The number of rotatable bonds is 3. The summed E-state index contributed by atoms with van der Waals surface area (Å²) in [4.78, 5) is 6.51. The van der Waals surface area contributed by atoms with Gasteiger partial charge in [-0.25, -0.2) is 0 Å². The van der Waals surface area contributed by atoms with Crippen LogP contribution in [0, 0.1) is 0 Å². The highest BCUT2D eigenvalue weighted by atomic mass is 16.3. The van der Waals surface area contributed by atoms with Crippen LogP contribution in [-0.2, 0) is 0 Å². The number of pyridine rings is 1. The van der Waals surface area contributed by atoms with E-state index in [-0.39, 0.29) is 6.10 Å². The van der Waals surface area contributed by atoms with E-state index in [1.165, 1.54) is 0 Å². The highest BCUT2D eigenvalue weighted by Crippen LogP contribution is 2.21. The summed E-state index contributed by atoms with van der Waals surface area (Å²) in [6, 6.07) is 2.12.